The van der Waals surface area contributed by atoms with Gasteiger partial charge in [0, 0.05) is 11.6 Å². The van der Waals surface area contributed by atoms with Crippen LogP contribution in [-0.2, 0) is 6.54 Å². The Morgan fingerprint density at radius 2 is 1.90 bits per heavy atom. The summed E-state index contributed by atoms with van der Waals surface area (Å²) in [5.74, 6) is 0.475. The maximum absolute atomic E-state index is 13.1. The van der Waals surface area contributed by atoms with Crippen LogP contribution in [0, 0.1) is 5.82 Å². The lowest BCUT2D eigenvalue weighted by molar-refractivity contribution is 0.0948. The van der Waals surface area contributed by atoms with Gasteiger partial charge in [0.05, 0.1) is 18.7 Å². The minimum absolute atomic E-state index is 0.193. The highest BCUT2D eigenvalue weighted by Gasteiger charge is 2.17. The number of hydrogen-bond acceptors (Lipinski definition) is 4. The van der Waals surface area contributed by atoms with E-state index in [-0.39, 0.29) is 18.3 Å². The van der Waals surface area contributed by atoms with E-state index < -0.39 is 0 Å². The number of halogens is 1. The van der Waals surface area contributed by atoms with Gasteiger partial charge in [-0.25, -0.2) is 4.39 Å². The Hall–Kier alpha value is -3.67. The van der Waals surface area contributed by atoms with Crippen molar-refractivity contribution in [1.82, 2.24) is 10.5 Å². The Labute approximate surface area is 167 Å². The van der Waals surface area contributed by atoms with Crippen molar-refractivity contribution in [2.75, 3.05) is 6.61 Å². The standard InChI is InChI=1S/C23H19FN2O3/c1-2-28-20-12-9-15-5-3-4-6-19(15)22(20)23(27)25-14-18-13-21(29-26-18)16-7-10-17(24)11-8-16/h3-13H,2,14H2,1H3,(H,25,27). The summed E-state index contributed by atoms with van der Waals surface area (Å²) in [7, 11) is 0. The number of nitrogens with zero attached hydrogens (tertiary/aromatic N) is 1. The Morgan fingerprint density at radius 1 is 1.10 bits per heavy atom. The molecule has 0 saturated heterocycles. The van der Waals surface area contributed by atoms with E-state index in [2.05, 4.69) is 10.5 Å². The van der Waals surface area contributed by atoms with Crippen LogP contribution in [0.1, 0.15) is 23.0 Å². The largest absolute Gasteiger partial charge is 0.493 e. The fraction of sp³-hybridized carbons (Fsp3) is 0.130. The Bertz CT molecular complexity index is 1150. The Balaban J connectivity index is 1.55. The van der Waals surface area contributed by atoms with Crippen LogP contribution in [0.2, 0.25) is 0 Å². The summed E-state index contributed by atoms with van der Waals surface area (Å²) >= 11 is 0. The van der Waals surface area contributed by atoms with Crippen molar-refractivity contribution in [2.24, 2.45) is 0 Å². The molecule has 3 aromatic carbocycles. The molecule has 5 nitrogen and oxygen atoms in total. The van der Waals surface area contributed by atoms with Gasteiger partial charge < -0.3 is 14.6 Å². The van der Waals surface area contributed by atoms with E-state index in [1.165, 1.54) is 12.1 Å². The predicted molar refractivity (Wildman–Crippen MR) is 108 cm³/mol. The third-order valence-electron chi connectivity index (χ3n) is 4.54. The molecule has 0 atom stereocenters. The van der Waals surface area contributed by atoms with E-state index in [1.807, 2.05) is 43.3 Å². The highest BCUT2D eigenvalue weighted by Crippen LogP contribution is 2.28. The topological polar surface area (TPSA) is 64.4 Å². The fourth-order valence-electron chi connectivity index (χ4n) is 3.17. The molecule has 0 radical (unpaired) electrons. The van der Waals surface area contributed by atoms with Crippen molar-refractivity contribution >= 4 is 16.7 Å². The summed E-state index contributed by atoms with van der Waals surface area (Å²) < 4.78 is 24.0. The van der Waals surface area contributed by atoms with Crippen molar-refractivity contribution in [1.29, 1.82) is 0 Å². The average Bonchev–Trinajstić information content (AvgIpc) is 3.21. The SMILES string of the molecule is CCOc1ccc2ccccc2c1C(=O)NCc1cc(-c2ccc(F)cc2)on1. The second-order valence-electron chi connectivity index (χ2n) is 6.46. The number of benzene rings is 3. The van der Waals surface area contributed by atoms with Crippen LogP contribution in [0.5, 0.6) is 5.75 Å². The minimum Gasteiger partial charge on any atom is -0.493 e. The van der Waals surface area contributed by atoms with Gasteiger partial charge in [0.25, 0.3) is 5.91 Å². The third-order valence-corrected chi connectivity index (χ3v) is 4.54. The van der Waals surface area contributed by atoms with E-state index in [4.69, 9.17) is 9.26 Å². The molecule has 1 amide bonds. The molecule has 1 aromatic heterocycles. The smallest absolute Gasteiger partial charge is 0.256 e. The number of amides is 1. The molecule has 0 unspecified atom stereocenters. The number of aromatic nitrogens is 1. The van der Waals surface area contributed by atoms with Gasteiger partial charge in [-0.1, -0.05) is 35.5 Å². The highest BCUT2D eigenvalue weighted by atomic mass is 19.1. The highest BCUT2D eigenvalue weighted by molar-refractivity contribution is 6.09. The lowest BCUT2D eigenvalue weighted by atomic mass is 10.0. The molecule has 1 N–H and O–H groups in total. The number of hydrogen-bond donors (Lipinski definition) is 1. The number of carbonyl (C=O) groups is 1. The molecular weight excluding hydrogens is 371 g/mol. The normalized spacial score (nSPS) is 10.8. The van der Waals surface area contributed by atoms with Gasteiger partial charge in [0.15, 0.2) is 5.76 Å². The monoisotopic (exact) mass is 390 g/mol. The van der Waals surface area contributed by atoms with Crippen LogP contribution in [0.4, 0.5) is 4.39 Å². The quantitative estimate of drug-likeness (QED) is 0.505. The molecule has 4 aromatic rings. The molecule has 4 rings (SSSR count). The lowest BCUT2D eigenvalue weighted by Crippen LogP contribution is -2.24. The van der Waals surface area contributed by atoms with Crippen molar-refractivity contribution in [2.45, 2.75) is 13.5 Å². The van der Waals surface area contributed by atoms with Crippen LogP contribution in [0.15, 0.2) is 71.3 Å². The summed E-state index contributed by atoms with van der Waals surface area (Å²) in [4.78, 5) is 13.0. The average molecular weight is 390 g/mol. The van der Waals surface area contributed by atoms with Crippen LogP contribution in [0.3, 0.4) is 0 Å². The second-order valence-corrected chi connectivity index (χ2v) is 6.46. The minimum atomic E-state index is -0.319. The molecule has 0 bridgehead atoms. The molecule has 0 aliphatic heterocycles. The van der Waals surface area contributed by atoms with Gasteiger partial charge >= 0.3 is 0 Å². The first-order chi connectivity index (χ1) is 14.2. The molecule has 0 spiro atoms. The first kappa shape index (κ1) is 18.7. The number of carbonyl (C=O) groups excluding carboxylic acids is 1. The summed E-state index contributed by atoms with van der Waals surface area (Å²) in [5, 5.41) is 8.65. The van der Waals surface area contributed by atoms with Gasteiger partial charge in [0.1, 0.15) is 17.3 Å². The lowest BCUT2D eigenvalue weighted by Gasteiger charge is -2.13. The van der Waals surface area contributed by atoms with Crippen molar-refractivity contribution in [3.63, 3.8) is 0 Å². The molecule has 0 saturated carbocycles. The number of rotatable bonds is 6. The van der Waals surface area contributed by atoms with Gasteiger partial charge in [-0.05, 0) is 48.0 Å². The van der Waals surface area contributed by atoms with Crippen molar-refractivity contribution in [3.05, 3.63) is 83.8 Å². The Kier molecular flexibility index (Phi) is 5.24. The maximum atomic E-state index is 13.1. The van der Waals surface area contributed by atoms with Crippen LogP contribution in [0.25, 0.3) is 22.1 Å². The molecule has 1 heterocycles. The summed E-state index contributed by atoms with van der Waals surface area (Å²) in [6.45, 7) is 2.53. The molecule has 29 heavy (non-hydrogen) atoms. The molecule has 0 aliphatic rings. The van der Waals surface area contributed by atoms with Gasteiger partial charge in [0.2, 0.25) is 0 Å². The van der Waals surface area contributed by atoms with E-state index >= 15 is 0 Å². The van der Waals surface area contributed by atoms with Gasteiger partial charge in [-0.15, -0.1) is 0 Å². The molecule has 0 fully saturated rings. The number of nitrogens with one attached hydrogen (secondary N) is 1. The zero-order chi connectivity index (χ0) is 20.2. The Morgan fingerprint density at radius 3 is 2.69 bits per heavy atom. The third kappa shape index (κ3) is 3.96. The first-order valence-electron chi connectivity index (χ1n) is 9.30. The second kappa shape index (κ2) is 8.14. The zero-order valence-electron chi connectivity index (χ0n) is 15.8. The van der Waals surface area contributed by atoms with E-state index in [0.717, 1.165) is 10.8 Å². The van der Waals surface area contributed by atoms with Crippen molar-refractivity contribution in [3.8, 4) is 17.1 Å². The predicted octanol–water partition coefficient (Wildman–Crippen LogP) is 4.96. The molecular formula is C23H19FN2O3. The number of fused-ring (bicyclic) bond motifs is 1. The summed E-state index contributed by atoms with van der Waals surface area (Å²) in [6, 6.07) is 19.1. The zero-order valence-corrected chi connectivity index (χ0v) is 15.8. The van der Waals surface area contributed by atoms with Gasteiger partial charge in [-0.2, -0.15) is 0 Å². The van der Waals surface area contributed by atoms with E-state index in [9.17, 15) is 9.18 Å². The molecule has 0 aliphatic carbocycles. The van der Waals surface area contributed by atoms with Gasteiger partial charge in [-0.3, -0.25) is 4.79 Å². The van der Waals surface area contributed by atoms with Crippen molar-refractivity contribution < 1.29 is 18.4 Å². The van der Waals surface area contributed by atoms with Crippen LogP contribution < -0.4 is 10.1 Å². The fourth-order valence-corrected chi connectivity index (χ4v) is 3.17. The summed E-state index contributed by atoms with van der Waals surface area (Å²) in [5.41, 5.74) is 1.77. The molecule has 6 heteroatoms. The molecule has 146 valence electrons. The van der Waals surface area contributed by atoms with E-state index in [1.54, 1.807) is 18.2 Å². The van der Waals surface area contributed by atoms with Crippen LogP contribution >= 0.6 is 0 Å². The maximum Gasteiger partial charge on any atom is 0.256 e. The number of ether oxygens (including phenoxy) is 1. The summed E-state index contributed by atoms with van der Waals surface area (Å²) in [6.07, 6.45) is 0. The first-order valence-corrected chi connectivity index (χ1v) is 9.30. The van der Waals surface area contributed by atoms with Crippen LogP contribution in [-0.4, -0.2) is 17.7 Å². The van der Waals surface area contributed by atoms with E-state index in [0.29, 0.717) is 34.9 Å².